The molecule has 1 aliphatic rings. The molecule has 0 N–H and O–H groups in total. The number of rotatable bonds is 2. The van der Waals surface area contributed by atoms with Gasteiger partial charge in [0.2, 0.25) is 0 Å². The number of aryl methyl sites for hydroxylation is 1. The van der Waals surface area contributed by atoms with Gasteiger partial charge in [0.05, 0.1) is 0 Å². The number of ether oxygens (including phenoxy) is 1. The van der Waals surface area contributed by atoms with Crippen molar-refractivity contribution in [2.24, 2.45) is 0 Å². The molecule has 0 aliphatic heterocycles. The Morgan fingerprint density at radius 2 is 2.00 bits per heavy atom. The van der Waals surface area contributed by atoms with Gasteiger partial charge in [0.25, 0.3) is 0 Å². The maximum atomic E-state index is 5.84. The molecule has 0 saturated heterocycles. The Balaban J connectivity index is 2.48. The molecule has 1 aromatic rings. The summed E-state index contributed by atoms with van der Waals surface area (Å²) < 4.78 is 5.84. The molecule has 88 valence electrons. The van der Waals surface area contributed by atoms with E-state index in [4.69, 9.17) is 4.74 Å². The molecule has 0 bridgehead atoms. The number of nitrogens with zero attached hydrogens (tertiary/aromatic N) is 1. The van der Waals surface area contributed by atoms with Gasteiger partial charge in [0, 0.05) is 13.2 Å². The van der Waals surface area contributed by atoms with E-state index in [9.17, 15) is 0 Å². The van der Waals surface area contributed by atoms with Crippen LogP contribution >= 0.6 is 0 Å². The number of benzene rings is 1. The fourth-order valence-electron chi connectivity index (χ4n) is 2.97. The summed E-state index contributed by atoms with van der Waals surface area (Å²) in [5.74, 6) is 0. The van der Waals surface area contributed by atoms with Crippen LogP contribution in [-0.4, -0.2) is 32.1 Å². The first-order chi connectivity index (χ1) is 7.59. The number of hydrogen-bond donors (Lipinski definition) is 0. The Morgan fingerprint density at radius 3 is 2.62 bits per heavy atom. The fraction of sp³-hybridized carbons (Fsp3) is 0.571. The van der Waals surface area contributed by atoms with E-state index in [0.29, 0.717) is 6.04 Å². The van der Waals surface area contributed by atoms with Crippen molar-refractivity contribution in [2.45, 2.75) is 31.4 Å². The van der Waals surface area contributed by atoms with Crippen molar-refractivity contribution in [2.75, 3.05) is 21.2 Å². The molecule has 0 fully saturated rings. The highest BCUT2D eigenvalue weighted by Crippen LogP contribution is 2.39. The highest BCUT2D eigenvalue weighted by atomic mass is 16.5. The third-order valence-corrected chi connectivity index (χ3v) is 3.92. The van der Waals surface area contributed by atoms with Crippen molar-refractivity contribution in [3.63, 3.8) is 0 Å². The number of likely N-dealkylation sites (N-methyl/N-ethyl adjacent to an activating group) is 1. The lowest BCUT2D eigenvalue weighted by Crippen LogP contribution is -2.50. The van der Waals surface area contributed by atoms with Crippen molar-refractivity contribution in [1.82, 2.24) is 4.90 Å². The summed E-state index contributed by atoms with van der Waals surface area (Å²) in [4.78, 5) is 2.28. The first kappa shape index (κ1) is 11.6. The third kappa shape index (κ3) is 1.66. The van der Waals surface area contributed by atoms with Gasteiger partial charge in [0.1, 0.15) is 5.60 Å². The monoisotopic (exact) mass is 219 g/mol. The second-order valence-corrected chi connectivity index (χ2v) is 4.99. The minimum atomic E-state index is -0.182. The molecule has 2 atom stereocenters. The summed E-state index contributed by atoms with van der Waals surface area (Å²) in [5.41, 5.74) is 2.60. The number of hydrogen-bond acceptors (Lipinski definition) is 2. The Bertz CT molecular complexity index is 375. The average Bonchev–Trinajstić information content (AvgIpc) is 2.29. The van der Waals surface area contributed by atoms with E-state index in [-0.39, 0.29) is 5.60 Å². The van der Waals surface area contributed by atoms with Gasteiger partial charge < -0.3 is 9.64 Å². The van der Waals surface area contributed by atoms with Crippen LogP contribution in [0.1, 0.15) is 24.5 Å². The van der Waals surface area contributed by atoms with Crippen LogP contribution in [0.4, 0.5) is 0 Å². The molecular weight excluding hydrogens is 198 g/mol. The normalized spacial score (nSPS) is 29.2. The van der Waals surface area contributed by atoms with Gasteiger partial charge in [-0.25, -0.2) is 0 Å². The maximum absolute atomic E-state index is 5.84. The molecule has 2 nitrogen and oxygen atoms in total. The summed E-state index contributed by atoms with van der Waals surface area (Å²) >= 11 is 0. The van der Waals surface area contributed by atoms with Crippen LogP contribution in [0.25, 0.3) is 0 Å². The second kappa shape index (κ2) is 4.19. The van der Waals surface area contributed by atoms with Gasteiger partial charge in [0.15, 0.2) is 0 Å². The summed E-state index contributed by atoms with van der Waals surface area (Å²) in [6, 6.07) is 9.10. The first-order valence-corrected chi connectivity index (χ1v) is 5.89. The van der Waals surface area contributed by atoms with E-state index in [1.54, 1.807) is 0 Å². The SMILES string of the molecule is COC1(C)c2ccccc2CCC1N(C)C. The number of methoxy groups -OCH3 is 1. The van der Waals surface area contributed by atoms with E-state index < -0.39 is 0 Å². The minimum absolute atomic E-state index is 0.182. The molecule has 0 radical (unpaired) electrons. The molecule has 2 heteroatoms. The van der Waals surface area contributed by atoms with Crippen molar-refractivity contribution in [3.8, 4) is 0 Å². The summed E-state index contributed by atoms with van der Waals surface area (Å²) in [7, 11) is 6.09. The molecule has 0 spiro atoms. The molecule has 1 aliphatic carbocycles. The van der Waals surface area contributed by atoms with Crippen molar-refractivity contribution in [1.29, 1.82) is 0 Å². The fourth-order valence-corrected chi connectivity index (χ4v) is 2.97. The Hall–Kier alpha value is -0.860. The molecular formula is C14H21NO. The summed E-state index contributed by atoms with van der Waals surface area (Å²) in [6.45, 7) is 2.20. The topological polar surface area (TPSA) is 12.5 Å². The van der Waals surface area contributed by atoms with Crippen LogP contribution < -0.4 is 0 Å². The standard InChI is InChI=1S/C14H21NO/c1-14(16-4)12-8-6-5-7-11(12)9-10-13(14)15(2)3/h5-8,13H,9-10H2,1-4H3. The van der Waals surface area contributed by atoms with E-state index in [1.807, 2.05) is 7.11 Å². The Morgan fingerprint density at radius 1 is 1.31 bits per heavy atom. The highest BCUT2D eigenvalue weighted by Gasteiger charge is 2.41. The van der Waals surface area contributed by atoms with Gasteiger partial charge in [-0.3, -0.25) is 0 Å². The number of fused-ring (bicyclic) bond motifs is 1. The summed E-state index contributed by atoms with van der Waals surface area (Å²) in [6.07, 6.45) is 2.31. The maximum Gasteiger partial charge on any atom is 0.106 e. The Kier molecular flexibility index (Phi) is 3.04. The molecule has 0 amide bonds. The van der Waals surface area contributed by atoms with Crippen molar-refractivity contribution < 1.29 is 4.74 Å². The predicted molar refractivity (Wildman–Crippen MR) is 66.6 cm³/mol. The average molecular weight is 219 g/mol. The lowest BCUT2D eigenvalue weighted by molar-refractivity contribution is -0.0686. The van der Waals surface area contributed by atoms with Crippen LogP contribution in [0.3, 0.4) is 0 Å². The quantitative estimate of drug-likeness (QED) is 0.757. The van der Waals surface area contributed by atoms with Gasteiger partial charge in [-0.1, -0.05) is 24.3 Å². The zero-order valence-corrected chi connectivity index (χ0v) is 10.7. The lowest BCUT2D eigenvalue weighted by Gasteiger charge is -2.45. The van der Waals surface area contributed by atoms with Gasteiger partial charge >= 0.3 is 0 Å². The smallest absolute Gasteiger partial charge is 0.106 e. The first-order valence-electron chi connectivity index (χ1n) is 5.89. The van der Waals surface area contributed by atoms with Crippen LogP contribution in [-0.2, 0) is 16.8 Å². The van der Waals surface area contributed by atoms with Crippen molar-refractivity contribution >= 4 is 0 Å². The lowest BCUT2D eigenvalue weighted by atomic mass is 9.76. The van der Waals surface area contributed by atoms with Gasteiger partial charge in [-0.15, -0.1) is 0 Å². The van der Waals surface area contributed by atoms with Gasteiger partial charge in [-0.05, 0) is 45.0 Å². The van der Waals surface area contributed by atoms with Crippen LogP contribution in [0.2, 0.25) is 0 Å². The zero-order chi connectivity index (χ0) is 11.8. The van der Waals surface area contributed by atoms with E-state index >= 15 is 0 Å². The predicted octanol–water partition coefficient (Wildman–Crippen LogP) is 2.42. The molecule has 16 heavy (non-hydrogen) atoms. The highest BCUT2D eigenvalue weighted by molar-refractivity contribution is 5.36. The molecule has 1 aromatic carbocycles. The largest absolute Gasteiger partial charge is 0.372 e. The van der Waals surface area contributed by atoms with Crippen molar-refractivity contribution in [3.05, 3.63) is 35.4 Å². The van der Waals surface area contributed by atoms with E-state index in [1.165, 1.54) is 11.1 Å². The second-order valence-electron chi connectivity index (χ2n) is 4.99. The molecule has 0 saturated carbocycles. The van der Waals surface area contributed by atoms with E-state index in [2.05, 4.69) is 50.2 Å². The Labute approximate surface area is 98.2 Å². The van der Waals surface area contributed by atoms with E-state index in [0.717, 1.165) is 12.8 Å². The van der Waals surface area contributed by atoms with Crippen LogP contribution in [0, 0.1) is 0 Å². The molecule has 2 unspecified atom stereocenters. The van der Waals surface area contributed by atoms with Crippen LogP contribution in [0.5, 0.6) is 0 Å². The minimum Gasteiger partial charge on any atom is -0.372 e. The summed E-state index contributed by atoms with van der Waals surface area (Å²) in [5, 5.41) is 0. The third-order valence-electron chi connectivity index (χ3n) is 3.92. The zero-order valence-electron chi connectivity index (χ0n) is 10.7. The van der Waals surface area contributed by atoms with Gasteiger partial charge in [-0.2, -0.15) is 0 Å². The molecule has 2 rings (SSSR count). The molecule has 0 heterocycles. The van der Waals surface area contributed by atoms with Crippen LogP contribution in [0.15, 0.2) is 24.3 Å². The molecule has 0 aromatic heterocycles.